The van der Waals surface area contributed by atoms with Gasteiger partial charge in [0.2, 0.25) is 0 Å². The molecule has 3 aromatic rings. The number of nitrogens with zero attached hydrogens (tertiary/aromatic N) is 3. The average molecular weight is 366 g/mol. The maximum atomic E-state index is 12.5. The first-order valence-electron chi connectivity index (χ1n) is 8.63. The third-order valence-electron chi connectivity index (χ3n) is 4.44. The number of nitrogens with one attached hydrogen (secondary N) is 1. The van der Waals surface area contributed by atoms with Crippen LogP contribution in [0.25, 0.3) is 11.0 Å². The second kappa shape index (κ2) is 7.49. The molecule has 0 aliphatic heterocycles. The van der Waals surface area contributed by atoms with Crippen LogP contribution >= 0.6 is 0 Å². The maximum Gasteiger partial charge on any atom is 0.271 e. The molecule has 3 rings (SSSR count). The van der Waals surface area contributed by atoms with Crippen molar-refractivity contribution in [3.63, 3.8) is 0 Å². The van der Waals surface area contributed by atoms with Crippen molar-refractivity contribution in [3.8, 4) is 11.5 Å². The van der Waals surface area contributed by atoms with Gasteiger partial charge in [0.05, 0.1) is 23.9 Å². The fourth-order valence-electron chi connectivity index (χ4n) is 2.98. The van der Waals surface area contributed by atoms with Gasteiger partial charge in [-0.1, -0.05) is 0 Å². The molecule has 1 heterocycles. The van der Waals surface area contributed by atoms with Gasteiger partial charge in [-0.15, -0.1) is 0 Å². The molecule has 1 aromatic heterocycles. The molecule has 0 fully saturated rings. The van der Waals surface area contributed by atoms with E-state index in [1.54, 1.807) is 38.3 Å². The summed E-state index contributed by atoms with van der Waals surface area (Å²) in [6.45, 7) is 6.52. The van der Waals surface area contributed by atoms with Crippen LogP contribution < -0.4 is 10.2 Å². The van der Waals surface area contributed by atoms with Crippen molar-refractivity contribution in [1.82, 2.24) is 15.0 Å². The zero-order valence-electron chi connectivity index (χ0n) is 15.8. The Morgan fingerprint density at radius 2 is 2.07 bits per heavy atom. The number of aryl methyl sites for hydroxylation is 2. The van der Waals surface area contributed by atoms with Gasteiger partial charge in [0.1, 0.15) is 17.3 Å². The molecule has 0 atom stereocenters. The zero-order valence-corrected chi connectivity index (χ0v) is 15.8. The van der Waals surface area contributed by atoms with Gasteiger partial charge in [0.15, 0.2) is 0 Å². The molecule has 0 bridgehead atoms. The molecule has 27 heavy (non-hydrogen) atoms. The lowest BCUT2D eigenvalue weighted by atomic mass is 10.1. The van der Waals surface area contributed by atoms with Gasteiger partial charge >= 0.3 is 0 Å². The highest BCUT2D eigenvalue weighted by atomic mass is 16.5. The Hall–Kier alpha value is -3.35. The van der Waals surface area contributed by atoms with Crippen molar-refractivity contribution < 1.29 is 14.6 Å². The van der Waals surface area contributed by atoms with Crippen LogP contribution in [0.15, 0.2) is 41.5 Å². The van der Waals surface area contributed by atoms with E-state index in [0.29, 0.717) is 22.6 Å². The van der Waals surface area contributed by atoms with Crippen LogP contribution in [-0.4, -0.2) is 33.4 Å². The Balaban J connectivity index is 1.83. The minimum absolute atomic E-state index is 0.0632. The quantitative estimate of drug-likeness (QED) is 0.536. The normalized spacial score (nSPS) is 11.6. The number of hydrogen-bond acceptors (Lipinski definition) is 5. The van der Waals surface area contributed by atoms with Crippen LogP contribution in [-0.2, 0) is 6.54 Å². The number of aromatic hydroxyl groups is 1. The van der Waals surface area contributed by atoms with Gasteiger partial charge in [0, 0.05) is 17.7 Å². The fourth-order valence-corrected chi connectivity index (χ4v) is 2.98. The third kappa shape index (κ3) is 3.62. The van der Waals surface area contributed by atoms with Crippen molar-refractivity contribution in [2.75, 3.05) is 7.11 Å². The zero-order chi connectivity index (χ0) is 19.6. The molecule has 140 valence electrons. The molecule has 2 N–H and O–H groups in total. The summed E-state index contributed by atoms with van der Waals surface area (Å²) < 4.78 is 7.24. The number of ether oxygens (including phenoxy) is 1. The molecule has 0 aliphatic carbocycles. The fraction of sp³-hybridized carbons (Fsp3) is 0.250. The molecule has 0 saturated heterocycles. The van der Waals surface area contributed by atoms with Crippen LogP contribution in [0, 0.1) is 6.92 Å². The Labute approximate surface area is 157 Å². The lowest BCUT2D eigenvalue weighted by Gasteiger charge is -2.07. The molecular formula is C20H22N4O3. The van der Waals surface area contributed by atoms with E-state index >= 15 is 0 Å². The summed E-state index contributed by atoms with van der Waals surface area (Å²) in [6, 6.07) is 10.2. The van der Waals surface area contributed by atoms with Gasteiger partial charge in [-0.05, 0) is 57.2 Å². The van der Waals surface area contributed by atoms with Crippen LogP contribution in [0.4, 0.5) is 0 Å². The number of aromatic nitrogens is 2. The number of carbonyl (C=O) groups is 1. The number of carbonyl (C=O) groups excluding carboxylic acids is 1. The maximum absolute atomic E-state index is 12.5. The predicted octanol–water partition coefficient (Wildman–Crippen LogP) is 3.23. The van der Waals surface area contributed by atoms with Crippen LogP contribution in [0.2, 0.25) is 0 Å². The number of benzene rings is 2. The van der Waals surface area contributed by atoms with Crippen molar-refractivity contribution >= 4 is 22.7 Å². The van der Waals surface area contributed by atoms with E-state index in [0.717, 1.165) is 23.4 Å². The Bertz CT molecular complexity index is 1040. The van der Waals surface area contributed by atoms with Crippen molar-refractivity contribution in [2.24, 2.45) is 5.10 Å². The summed E-state index contributed by atoms with van der Waals surface area (Å²) in [7, 11) is 1.54. The summed E-state index contributed by atoms with van der Waals surface area (Å²) >= 11 is 0. The standard InChI is InChI=1S/C20H22N4O3/c1-5-24-13(3)21-17-10-14(6-8-18(17)24)20(26)23-22-12(2)16-11-15(27-4)7-9-19(16)25/h6-11,25H,5H2,1-4H3,(H,23,26)/b22-12+. The second-order valence-electron chi connectivity index (χ2n) is 6.13. The molecule has 7 nitrogen and oxygen atoms in total. The van der Waals surface area contributed by atoms with Crippen molar-refractivity contribution in [2.45, 2.75) is 27.3 Å². The number of rotatable bonds is 5. The number of phenolic OH excluding ortho intramolecular Hbond substituents is 1. The summed E-state index contributed by atoms with van der Waals surface area (Å²) in [6.07, 6.45) is 0. The van der Waals surface area contributed by atoms with Crippen molar-refractivity contribution in [3.05, 3.63) is 53.3 Å². The number of hydrazone groups is 1. The summed E-state index contributed by atoms with van der Waals surface area (Å²) in [5, 5.41) is 14.1. The van der Waals surface area contributed by atoms with Gasteiger partial charge in [-0.25, -0.2) is 10.4 Å². The lowest BCUT2D eigenvalue weighted by molar-refractivity contribution is 0.0955. The summed E-state index contributed by atoms with van der Waals surface area (Å²) in [5.41, 5.74) is 5.71. The third-order valence-corrected chi connectivity index (χ3v) is 4.44. The van der Waals surface area contributed by atoms with Gasteiger partial charge < -0.3 is 14.4 Å². The molecule has 1 amide bonds. The minimum atomic E-state index is -0.345. The molecule has 2 aromatic carbocycles. The molecule has 0 aliphatic rings. The van der Waals surface area contributed by atoms with Gasteiger partial charge in [0.25, 0.3) is 5.91 Å². The smallest absolute Gasteiger partial charge is 0.271 e. The Morgan fingerprint density at radius 3 is 2.78 bits per heavy atom. The summed E-state index contributed by atoms with van der Waals surface area (Å²) in [5.74, 6) is 1.22. The highest BCUT2D eigenvalue weighted by Gasteiger charge is 2.12. The first kappa shape index (κ1) is 18.4. The molecule has 0 unspecified atom stereocenters. The predicted molar refractivity (Wildman–Crippen MR) is 104 cm³/mol. The average Bonchev–Trinajstić information content (AvgIpc) is 3.00. The first-order valence-corrected chi connectivity index (χ1v) is 8.63. The molecule has 7 heteroatoms. The Morgan fingerprint density at radius 1 is 1.30 bits per heavy atom. The first-order chi connectivity index (χ1) is 12.9. The topological polar surface area (TPSA) is 88.7 Å². The number of methoxy groups -OCH3 is 1. The van der Waals surface area contributed by atoms with Gasteiger partial charge in [-0.2, -0.15) is 5.10 Å². The highest BCUT2D eigenvalue weighted by molar-refractivity contribution is 6.03. The number of imidazole rings is 1. The van der Waals surface area contributed by atoms with E-state index in [9.17, 15) is 9.90 Å². The molecule has 0 saturated carbocycles. The second-order valence-corrected chi connectivity index (χ2v) is 6.13. The van der Waals surface area contributed by atoms with E-state index in [1.807, 2.05) is 13.0 Å². The molecule has 0 radical (unpaired) electrons. The lowest BCUT2D eigenvalue weighted by Crippen LogP contribution is -2.19. The number of fused-ring (bicyclic) bond motifs is 1. The highest BCUT2D eigenvalue weighted by Crippen LogP contribution is 2.23. The van der Waals surface area contributed by atoms with Crippen LogP contribution in [0.1, 0.15) is 35.6 Å². The minimum Gasteiger partial charge on any atom is -0.507 e. The van der Waals surface area contributed by atoms with Crippen LogP contribution in [0.3, 0.4) is 0 Å². The van der Waals surface area contributed by atoms with Crippen molar-refractivity contribution in [1.29, 1.82) is 0 Å². The SMILES string of the molecule is CCn1c(C)nc2cc(C(=O)N/N=C(\C)c3cc(OC)ccc3O)ccc21. The number of hydrogen-bond donors (Lipinski definition) is 2. The Kier molecular flexibility index (Phi) is 5.12. The van der Waals surface area contributed by atoms with E-state index in [4.69, 9.17) is 4.74 Å². The largest absolute Gasteiger partial charge is 0.507 e. The monoisotopic (exact) mass is 366 g/mol. The van der Waals surface area contributed by atoms with Crippen LogP contribution in [0.5, 0.6) is 11.5 Å². The van der Waals surface area contributed by atoms with E-state index < -0.39 is 0 Å². The molecule has 0 spiro atoms. The number of amides is 1. The van der Waals surface area contributed by atoms with E-state index in [2.05, 4.69) is 27.0 Å². The summed E-state index contributed by atoms with van der Waals surface area (Å²) in [4.78, 5) is 17.0. The molecular weight excluding hydrogens is 344 g/mol. The van der Waals surface area contributed by atoms with E-state index in [1.165, 1.54) is 6.07 Å². The number of phenols is 1. The van der Waals surface area contributed by atoms with Gasteiger partial charge in [-0.3, -0.25) is 4.79 Å². The van der Waals surface area contributed by atoms with E-state index in [-0.39, 0.29) is 11.7 Å².